The van der Waals surface area contributed by atoms with Crippen molar-refractivity contribution >= 4 is 72.1 Å². The first-order chi connectivity index (χ1) is 32.7. The SMILES string of the molecule is c1ccc2c(c1)Sc1ccccc1C21c2ccccc2-c2cc(N(c3ccc4c(c3)-c3ccccc3C43c4ccccc4Sc4ccccc43)c3ccc4c(c3)sc3ccccc34)ccc21. The molecule has 15 rings (SSSR count). The standard InChI is InChI=1S/C62H37NS3/c1-4-18-47-41(15-1)45-35-38(30-33-49(45)61(47)51-20-6-11-25-56(51)65-57-26-12-7-21-52(57)61)63(40-29-32-44-43-17-3-10-24-55(43)64-60(44)37-40)39-31-34-50-46(36-39)42-16-2-5-19-48(42)62(50)53-22-8-13-27-58(53)66-59-28-14-9-23-54(59)62/h1-37H. The maximum absolute atomic E-state index is 2.52. The van der Waals surface area contributed by atoms with Crippen LogP contribution < -0.4 is 4.90 Å². The van der Waals surface area contributed by atoms with Crippen molar-refractivity contribution in [1.82, 2.24) is 0 Å². The molecule has 3 heterocycles. The van der Waals surface area contributed by atoms with Crippen LogP contribution in [0, 0.1) is 0 Å². The first-order valence-electron chi connectivity index (χ1n) is 22.7. The summed E-state index contributed by atoms with van der Waals surface area (Å²) in [5, 5.41) is 2.61. The van der Waals surface area contributed by atoms with Gasteiger partial charge in [0.1, 0.15) is 0 Å². The van der Waals surface area contributed by atoms with E-state index in [0.29, 0.717) is 0 Å². The summed E-state index contributed by atoms with van der Waals surface area (Å²) in [5.41, 5.74) is 18.5. The molecule has 2 aliphatic carbocycles. The molecule has 0 saturated carbocycles. The van der Waals surface area contributed by atoms with Crippen LogP contribution in [0.2, 0.25) is 0 Å². The van der Waals surface area contributed by atoms with Gasteiger partial charge >= 0.3 is 0 Å². The van der Waals surface area contributed by atoms with E-state index in [9.17, 15) is 0 Å². The molecule has 0 amide bonds. The minimum atomic E-state index is -0.430. The normalized spacial score (nSPS) is 14.8. The minimum absolute atomic E-state index is 0.430. The summed E-state index contributed by atoms with van der Waals surface area (Å²) in [7, 11) is 0. The lowest BCUT2D eigenvalue weighted by Gasteiger charge is -2.40. The predicted octanol–water partition coefficient (Wildman–Crippen LogP) is 17.2. The molecule has 308 valence electrons. The number of benzene rings is 10. The summed E-state index contributed by atoms with van der Waals surface area (Å²) in [6, 6.07) is 85.2. The summed E-state index contributed by atoms with van der Waals surface area (Å²) >= 11 is 5.67. The van der Waals surface area contributed by atoms with Crippen molar-refractivity contribution in [2.24, 2.45) is 0 Å². The van der Waals surface area contributed by atoms with Crippen molar-refractivity contribution in [3.05, 3.63) is 269 Å². The van der Waals surface area contributed by atoms with Gasteiger partial charge in [-0.25, -0.2) is 0 Å². The van der Waals surface area contributed by atoms with Crippen LogP contribution in [0.5, 0.6) is 0 Å². The van der Waals surface area contributed by atoms with Gasteiger partial charge < -0.3 is 4.90 Å². The zero-order valence-electron chi connectivity index (χ0n) is 35.5. The molecule has 0 N–H and O–H groups in total. The lowest BCUT2D eigenvalue weighted by molar-refractivity contribution is 0.722. The Kier molecular flexibility index (Phi) is 7.73. The van der Waals surface area contributed by atoms with E-state index in [4.69, 9.17) is 0 Å². The van der Waals surface area contributed by atoms with Gasteiger partial charge in [-0.3, -0.25) is 0 Å². The third-order valence-electron chi connectivity index (χ3n) is 14.8. The predicted molar refractivity (Wildman–Crippen MR) is 277 cm³/mol. The molecule has 2 spiro atoms. The summed E-state index contributed by atoms with van der Waals surface area (Å²) in [4.78, 5) is 7.79. The molecule has 1 aromatic heterocycles. The Morgan fingerprint density at radius 1 is 0.273 bits per heavy atom. The molecular weight excluding hydrogens is 855 g/mol. The van der Waals surface area contributed by atoms with Gasteiger partial charge in [-0.1, -0.05) is 181 Å². The maximum atomic E-state index is 2.52. The monoisotopic (exact) mass is 891 g/mol. The first-order valence-corrected chi connectivity index (χ1v) is 25.1. The van der Waals surface area contributed by atoms with Crippen LogP contribution in [0.25, 0.3) is 42.4 Å². The van der Waals surface area contributed by atoms with E-state index in [0.717, 1.165) is 17.1 Å². The van der Waals surface area contributed by atoms with Crippen molar-refractivity contribution in [1.29, 1.82) is 0 Å². The number of hydrogen-bond donors (Lipinski definition) is 0. The van der Waals surface area contributed by atoms with Crippen molar-refractivity contribution < 1.29 is 0 Å². The van der Waals surface area contributed by atoms with Crippen LogP contribution in [0.15, 0.2) is 244 Å². The fraction of sp³-hybridized carbons (Fsp3) is 0.0323. The molecule has 1 nitrogen and oxygen atoms in total. The van der Waals surface area contributed by atoms with Gasteiger partial charge in [0, 0.05) is 56.8 Å². The molecule has 0 atom stereocenters. The minimum Gasteiger partial charge on any atom is -0.310 e. The molecule has 0 bridgehead atoms. The van der Waals surface area contributed by atoms with Gasteiger partial charge in [0.2, 0.25) is 0 Å². The Labute approximate surface area is 396 Å². The average Bonchev–Trinajstić information content (AvgIpc) is 3.99. The lowest BCUT2D eigenvalue weighted by atomic mass is 9.67. The summed E-state index contributed by atoms with van der Waals surface area (Å²) in [5.74, 6) is 0. The topological polar surface area (TPSA) is 3.24 Å². The van der Waals surface area contributed by atoms with Crippen LogP contribution in [-0.2, 0) is 10.8 Å². The zero-order valence-corrected chi connectivity index (χ0v) is 38.0. The second kappa shape index (κ2) is 13.7. The van der Waals surface area contributed by atoms with E-state index in [1.54, 1.807) is 0 Å². The lowest BCUT2D eigenvalue weighted by Crippen LogP contribution is -2.32. The summed E-state index contributed by atoms with van der Waals surface area (Å²) in [6.45, 7) is 0. The highest BCUT2D eigenvalue weighted by molar-refractivity contribution is 7.99. The van der Waals surface area contributed by atoms with Crippen LogP contribution >= 0.6 is 34.9 Å². The number of rotatable bonds is 3. The Morgan fingerprint density at radius 3 is 1.14 bits per heavy atom. The van der Waals surface area contributed by atoms with Crippen LogP contribution in [0.1, 0.15) is 44.5 Å². The highest BCUT2D eigenvalue weighted by Crippen LogP contribution is 2.65. The van der Waals surface area contributed by atoms with Gasteiger partial charge in [0.25, 0.3) is 0 Å². The quantitative estimate of drug-likeness (QED) is 0.174. The smallest absolute Gasteiger partial charge is 0.0735 e. The second-order valence-electron chi connectivity index (χ2n) is 17.9. The molecule has 11 aromatic rings. The average molecular weight is 892 g/mol. The highest BCUT2D eigenvalue weighted by atomic mass is 32.2. The van der Waals surface area contributed by atoms with E-state index in [2.05, 4.69) is 229 Å². The fourth-order valence-electron chi connectivity index (χ4n) is 12.3. The van der Waals surface area contributed by atoms with Crippen LogP contribution in [0.4, 0.5) is 17.1 Å². The number of thiophene rings is 1. The highest BCUT2D eigenvalue weighted by Gasteiger charge is 2.52. The molecule has 66 heavy (non-hydrogen) atoms. The second-order valence-corrected chi connectivity index (χ2v) is 21.1. The van der Waals surface area contributed by atoms with E-state index in [-0.39, 0.29) is 0 Å². The van der Waals surface area contributed by atoms with Gasteiger partial charge in [-0.15, -0.1) is 11.3 Å². The molecule has 0 unspecified atom stereocenters. The third kappa shape index (κ3) is 4.78. The molecule has 10 aromatic carbocycles. The number of fused-ring (bicyclic) bond motifs is 21. The summed E-state index contributed by atoms with van der Waals surface area (Å²) < 4.78 is 2.60. The van der Waals surface area contributed by atoms with Gasteiger partial charge in [0.15, 0.2) is 0 Å². The zero-order chi connectivity index (χ0) is 43.1. The van der Waals surface area contributed by atoms with Crippen molar-refractivity contribution in [3.8, 4) is 22.3 Å². The Hall–Kier alpha value is -7.08. The van der Waals surface area contributed by atoms with E-state index in [1.807, 2.05) is 34.9 Å². The van der Waals surface area contributed by atoms with Crippen molar-refractivity contribution in [2.45, 2.75) is 30.4 Å². The van der Waals surface area contributed by atoms with Gasteiger partial charge in [-0.2, -0.15) is 0 Å². The fourth-order valence-corrected chi connectivity index (χ4v) is 15.8. The maximum Gasteiger partial charge on any atom is 0.0735 e. The molecule has 0 radical (unpaired) electrons. The Bertz CT molecular complexity index is 3590. The van der Waals surface area contributed by atoms with E-state index < -0.39 is 10.8 Å². The van der Waals surface area contributed by atoms with Crippen LogP contribution in [0.3, 0.4) is 0 Å². The van der Waals surface area contributed by atoms with Gasteiger partial charge in [-0.05, 0) is 133 Å². The molecule has 4 aliphatic rings. The van der Waals surface area contributed by atoms with Crippen LogP contribution in [-0.4, -0.2) is 0 Å². The number of hydrogen-bond acceptors (Lipinski definition) is 4. The molecule has 4 heteroatoms. The van der Waals surface area contributed by atoms with Gasteiger partial charge in [0.05, 0.1) is 10.8 Å². The molecule has 2 aliphatic heterocycles. The van der Waals surface area contributed by atoms with Crippen molar-refractivity contribution in [3.63, 3.8) is 0 Å². The van der Waals surface area contributed by atoms with Crippen molar-refractivity contribution in [2.75, 3.05) is 4.90 Å². The van der Waals surface area contributed by atoms with E-state index in [1.165, 1.54) is 107 Å². The Morgan fingerprint density at radius 2 is 0.636 bits per heavy atom. The van der Waals surface area contributed by atoms with E-state index >= 15 is 0 Å². The third-order valence-corrected chi connectivity index (χ3v) is 18.2. The summed E-state index contributed by atoms with van der Waals surface area (Å²) in [6.07, 6.45) is 0. The molecule has 0 fully saturated rings. The number of nitrogens with zero attached hydrogens (tertiary/aromatic N) is 1. The first kappa shape index (κ1) is 37.2. The Balaban J connectivity index is 0.989. The largest absolute Gasteiger partial charge is 0.310 e. The molecule has 0 saturated heterocycles. The molecular formula is C62H37NS3. The number of anilines is 3.